The van der Waals surface area contributed by atoms with Crippen LogP contribution in [0.4, 0.5) is 4.39 Å². The first kappa shape index (κ1) is 20.0. The van der Waals surface area contributed by atoms with Crippen molar-refractivity contribution < 1.29 is 9.18 Å². The molecule has 0 saturated heterocycles. The van der Waals surface area contributed by atoms with Gasteiger partial charge in [0.05, 0.1) is 6.54 Å². The fourth-order valence-electron chi connectivity index (χ4n) is 3.41. The Hall–Kier alpha value is -2.76. The van der Waals surface area contributed by atoms with Gasteiger partial charge in [0.25, 0.3) is 5.91 Å². The molecule has 0 radical (unpaired) electrons. The highest BCUT2D eigenvalue weighted by Gasteiger charge is 2.22. The van der Waals surface area contributed by atoms with E-state index < -0.39 is 5.82 Å². The smallest absolute Gasteiger partial charge is 0.254 e. The molecule has 0 spiro atoms. The molecule has 0 unspecified atom stereocenters. The van der Waals surface area contributed by atoms with Gasteiger partial charge in [-0.05, 0) is 49.1 Å². The molecule has 148 valence electrons. The molecule has 0 N–H and O–H groups in total. The summed E-state index contributed by atoms with van der Waals surface area (Å²) in [5, 5.41) is 0. The van der Waals surface area contributed by atoms with Gasteiger partial charge in [-0.2, -0.15) is 0 Å². The van der Waals surface area contributed by atoms with Gasteiger partial charge >= 0.3 is 0 Å². The number of fused-ring (bicyclic) bond motifs is 1. The van der Waals surface area contributed by atoms with Crippen LogP contribution in [0.25, 0.3) is 11.2 Å². The summed E-state index contributed by atoms with van der Waals surface area (Å²) in [6.45, 7) is 9.78. The molecule has 0 fully saturated rings. The van der Waals surface area contributed by atoms with E-state index in [9.17, 15) is 9.18 Å². The number of pyridine rings is 1. The number of benzene rings is 1. The predicted molar refractivity (Wildman–Crippen MR) is 109 cm³/mol. The minimum atomic E-state index is -0.402. The molecule has 3 aromatic rings. The SMILES string of the molecule is CCCn1c(CN(CC(C)C)C(=O)c2cc(F)ccc2C)nc2cccnc21. The second kappa shape index (κ2) is 8.50. The van der Waals surface area contributed by atoms with Crippen molar-refractivity contribution in [3.63, 3.8) is 0 Å². The average Bonchev–Trinajstić information content (AvgIpc) is 3.00. The highest BCUT2D eigenvalue weighted by atomic mass is 19.1. The second-order valence-electron chi connectivity index (χ2n) is 7.56. The molecule has 0 aliphatic carbocycles. The van der Waals surface area contributed by atoms with E-state index in [0.29, 0.717) is 18.7 Å². The van der Waals surface area contributed by atoms with Crippen molar-refractivity contribution in [2.45, 2.75) is 47.2 Å². The monoisotopic (exact) mass is 382 g/mol. The van der Waals surface area contributed by atoms with Crippen molar-refractivity contribution >= 4 is 17.1 Å². The van der Waals surface area contributed by atoms with Crippen LogP contribution in [0, 0.1) is 18.7 Å². The van der Waals surface area contributed by atoms with Gasteiger partial charge in [0.15, 0.2) is 5.65 Å². The average molecular weight is 382 g/mol. The molecule has 0 aliphatic rings. The first-order valence-corrected chi connectivity index (χ1v) is 9.76. The Morgan fingerprint density at radius 1 is 1.29 bits per heavy atom. The standard InChI is InChI=1S/C22H27FN4O/c1-5-11-27-20(25-19-7-6-10-24-21(19)27)14-26(13-15(2)3)22(28)18-12-17(23)9-8-16(18)4/h6-10,12,15H,5,11,13-14H2,1-4H3. The number of imidazole rings is 1. The Morgan fingerprint density at radius 3 is 2.79 bits per heavy atom. The van der Waals surface area contributed by atoms with Crippen molar-refractivity contribution in [2.75, 3.05) is 6.54 Å². The van der Waals surface area contributed by atoms with Gasteiger partial charge in [-0.3, -0.25) is 4.79 Å². The molecule has 1 aromatic carbocycles. The number of halogens is 1. The molecule has 28 heavy (non-hydrogen) atoms. The van der Waals surface area contributed by atoms with Gasteiger partial charge in [0, 0.05) is 24.8 Å². The van der Waals surface area contributed by atoms with Gasteiger partial charge in [-0.25, -0.2) is 14.4 Å². The van der Waals surface area contributed by atoms with E-state index in [2.05, 4.69) is 30.3 Å². The molecule has 3 rings (SSSR count). The molecule has 0 bridgehead atoms. The Kier molecular flexibility index (Phi) is 6.07. The third-order valence-electron chi connectivity index (χ3n) is 4.67. The van der Waals surface area contributed by atoms with E-state index in [1.807, 2.05) is 19.1 Å². The van der Waals surface area contributed by atoms with Crippen LogP contribution < -0.4 is 0 Å². The normalized spacial score (nSPS) is 11.4. The summed E-state index contributed by atoms with van der Waals surface area (Å²) in [6.07, 6.45) is 2.70. The summed E-state index contributed by atoms with van der Waals surface area (Å²) in [6, 6.07) is 8.14. The number of carbonyl (C=O) groups is 1. The summed E-state index contributed by atoms with van der Waals surface area (Å²) in [4.78, 5) is 24.2. The van der Waals surface area contributed by atoms with Gasteiger partial charge in [-0.15, -0.1) is 0 Å². The topological polar surface area (TPSA) is 51.0 Å². The lowest BCUT2D eigenvalue weighted by Crippen LogP contribution is -2.35. The molecule has 6 heteroatoms. The number of carbonyl (C=O) groups excluding carboxylic acids is 1. The molecule has 0 atom stereocenters. The largest absolute Gasteiger partial charge is 0.331 e. The van der Waals surface area contributed by atoms with E-state index >= 15 is 0 Å². The Morgan fingerprint density at radius 2 is 2.07 bits per heavy atom. The predicted octanol–water partition coefficient (Wildman–Crippen LogP) is 4.59. The zero-order valence-electron chi connectivity index (χ0n) is 16.9. The van der Waals surface area contributed by atoms with Crippen LogP contribution in [-0.2, 0) is 13.1 Å². The minimum absolute atomic E-state index is 0.172. The van der Waals surface area contributed by atoms with Gasteiger partial charge in [-0.1, -0.05) is 26.8 Å². The number of nitrogens with zero attached hydrogens (tertiary/aromatic N) is 4. The third-order valence-corrected chi connectivity index (χ3v) is 4.67. The van der Waals surface area contributed by atoms with E-state index in [1.54, 1.807) is 17.2 Å². The van der Waals surface area contributed by atoms with Gasteiger partial charge in [0.1, 0.15) is 17.2 Å². The Bertz CT molecular complexity index is 980. The number of hydrogen-bond donors (Lipinski definition) is 0. The summed E-state index contributed by atoms with van der Waals surface area (Å²) in [5.41, 5.74) is 2.82. The molecular weight excluding hydrogens is 355 g/mol. The van der Waals surface area contributed by atoms with Crippen LogP contribution in [0.3, 0.4) is 0 Å². The number of aryl methyl sites for hydroxylation is 2. The highest BCUT2D eigenvalue weighted by molar-refractivity contribution is 5.95. The molecular formula is C22H27FN4O. The quantitative estimate of drug-likeness (QED) is 0.601. The number of amides is 1. The highest BCUT2D eigenvalue weighted by Crippen LogP contribution is 2.19. The van der Waals surface area contributed by atoms with Crippen LogP contribution >= 0.6 is 0 Å². The van der Waals surface area contributed by atoms with Gasteiger partial charge < -0.3 is 9.47 Å². The third kappa shape index (κ3) is 4.21. The van der Waals surface area contributed by atoms with E-state index in [0.717, 1.165) is 35.5 Å². The fourth-order valence-corrected chi connectivity index (χ4v) is 3.41. The fraction of sp³-hybridized carbons (Fsp3) is 0.409. The van der Waals surface area contributed by atoms with Crippen LogP contribution in [0.2, 0.25) is 0 Å². The lowest BCUT2D eigenvalue weighted by atomic mass is 10.1. The van der Waals surface area contributed by atoms with Crippen molar-refractivity contribution in [2.24, 2.45) is 5.92 Å². The van der Waals surface area contributed by atoms with E-state index in [-0.39, 0.29) is 11.8 Å². The Balaban J connectivity index is 1.99. The first-order chi connectivity index (χ1) is 13.4. The maximum absolute atomic E-state index is 13.8. The lowest BCUT2D eigenvalue weighted by molar-refractivity contribution is 0.0715. The van der Waals surface area contributed by atoms with Crippen LogP contribution in [-0.4, -0.2) is 31.9 Å². The number of rotatable bonds is 7. The van der Waals surface area contributed by atoms with Crippen molar-refractivity contribution in [1.82, 2.24) is 19.4 Å². The Labute approximate surface area is 165 Å². The summed E-state index contributed by atoms with van der Waals surface area (Å²) in [5.74, 6) is 0.508. The van der Waals surface area contributed by atoms with E-state index in [1.165, 1.54) is 12.1 Å². The van der Waals surface area contributed by atoms with Crippen molar-refractivity contribution in [1.29, 1.82) is 0 Å². The van der Waals surface area contributed by atoms with Crippen LogP contribution in [0.5, 0.6) is 0 Å². The van der Waals surface area contributed by atoms with Crippen molar-refractivity contribution in [3.05, 3.63) is 59.3 Å². The second-order valence-corrected chi connectivity index (χ2v) is 7.56. The molecule has 5 nitrogen and oxygen atoms in total. The molecule has 2 aromatic heterocycles. The van der Waals surface area contributed by atoms with Gasteiger partial charge in [0.2, 0.25) is 0 Å². The molecule has 1 amide bonds. The molecule has 0 aliphatic heterocycles. The lowest BCUT2D eigenvalue weighted by Gasteiger charge is -2.25. The van der Waals surface area contributed by atoms with E-state index in [4.69, 9.17) is 4.98 Å². The zero-order valence-corrected chi connectivity index (χ0v) is 16.9. The van der Waals surface area contributed by atoms with Crippen LogP contribution in [0.15, 0.2) is 36.5 Å². The maximum atomic E-state index is 13.8. The molecule has 2 heterocycles. The van der Waals surface area contributed by atoms with Crippen molar-refractivity contribution in [3.8, 4) is 0 Å². The summed E-state index contributed by atoms with van der Waals surface area (Å²) in [7, 11) is 0. The summed E-state index contributed by atoms with van der Waals surface area (Å²) >= 11 is 0. The summed E-state index contributed by atoms with van der Waals surface area (Å²) < 4.78 is 15.8. The molecule has 0 saturated carbocycles. The minimum Gasteiger partial charge on any atom is -0.331 e. The number of hydrogen-bond acceptors (Lipinski definition) is 3. The zero-order chi connectivity index (χ0) is 20.3. The van der Waals surface area contributed by atoms with Crippen LogP contribution in [0.1, 0.15) is 48.9 Å². The maximum Gasteiger partial charge on any atom is 0.254 e. The number of aromatic nitrogens is 3. The first-order valence-electron chi connectivity index (χ1n) is 9.76.